The van der Waals surface area contributed by atoms with Crippen molar-refractivity contribution < 1.29 is 131 Å². The summed E-state index contributed by atoms with van der Waals surface area (Å²) < 4.78 is 48.1. The lowest BCUT2D eigenvalue weighted by Crippen LogP contribution is -2.70. The van der Waals surface area contributed by atoms with Gasteiger partial charge < -0.3 is 117 Å². The summed E-state index contributed by atoms with van der Waals surface area (Å²) in [5.41, 5.74) is 7.11. The van der Waals surface area contributed by atoms with Crippen LogP contribution in [0.1, 0.15) is 95.6 Å². The van der Waals surface area contributed by atoms with Gasteiger partial charge in [0, 0.05) is 45.6 Å². The van der Waals surface area contributed by atoms with Crippen LogP contribution in [0.3, 0.4) is 0 Å². The van der Waals surface area contributed by atoms with Crippen LogP contribution in [0.2, 0.25) is 0 Å². The molecule has 0 aliphatic carbocycles. The van der Waals surface area contributed by atoms with Crippen LogP contribution in [-0.4, -0.2) is 217 Å². The Labute approximate surface area is 768 Å². The van der Waals surface area contributed by atoms with Crippen LogP contribution in [0.15, 0.2) is 267 Å². The fourth-order valence-electron chi connectivity index (χ4n) is 14.8. The van der Waals surface area contributed by atoms with Gasteiger partial charge in [0.05, 0.1) is 28.3 Å². The van der Waals surface area contributed by atoms with E-state index in [0.29, 0.717) is 11.1 Å². The number of carbonyl (C=O) groups excluding carboxylic acids is 12. The summed E-state index contributed by atoms with van der Waals surface area (Å²) >= 11 is 0. The number of rotatable bonds is 36. The Bertz CT molecular complexity index is 5730. The predicted octanol–water partition coefficient (Wildman–Crippen LogP) is 5.73. The van der Waals surface area contributed by atoms with E-state index in [1.165, 1.54) is 238 Å². The second kappa shape index (κ2) is 45.3. The van der Waals surface area contributed by atoms with Gasteiger partial charge in [-0.15, -0.1) is 0 Å². The molecule has 2 aliphatic rings. The Hall–Kier alpha value is -15.6. The second-order valence-electron chi connectivity index (χ2n) is 32.8. The number of esters is 5. The van der Waals surface area contributed by atoms with Crippen molar-refractivity contribution in [3.63, 3.8) is 0 Å². The molecule has 35 heteroatoms. The number of hydrogen-bond acceptors (Lipinski definition) is 28. The number of aliphatic hydroxyl groups is 1. The lowest BCUT2D eigenvalue weighted by Gasteiger charge is -2.44. The lowest BCUT2D eigenvalue weighted by molar-refractivity contribution is -0.246. The topological polar surface area (TPSA) is 531 Å². The molecule has 35 nitrogen and oxygen atoms in total. The van der Waals surface area contributed by atoms with Crippen LogP contribution < -0.4 is 43.0 Å². The standard InChI is InChI=1S/C99H100N8O27/c1-99(2,3)134-96(125)76(54-60-35-47-70(113)48-36-60)106-88(117)72(50-56-27-39-66(109)40-28-56)102-86(115)73(51-57-29-41-67(110)42-30-57)104-90(119)83-82(131-95(124)64-23-15-8-16-24-64)80(129-93(122)62-19-11-6-12-20-62)78(97(126)132-83)107-89(118)75(53-59-33-45-69(112)46-34-59)103-85(114)71(49-55-25-37-65(108)38-26-55)101-87(116)74(52-58-31-43-68(111)44-32-58)105-91(120)84-81(130-94(123)63-21-13-7-14-22-63)79(77(100)98(127-4)133-84)128-92(121)61-17-9-5-10-18-61/h5-48,71-84,97-98,108-113,126H,49-54,100H2,1-4H3,(H,101,116)(H,102,115)(H,103,114)(H,104,119)(H,105,120)(H,106,117)(H,107,118)/t71-,72-,73-,74-,75-,76-,77+,78+,79+,80+,81-,82-,83-,84-,97+,98+/m0/s1. The average Bonchev–Trinajstić information content (AvgIpc) is 0.768. The van der Waals surface area contributed by atoms with E-state index in [1.54, 1.807) is 57.2 Å². The van der Waals surface area contributed by atoms with E-state index in [2.05, 4.69) is 37.2 Å². The molecular formula is C99H100N8O27. The summed E-state index contributed by atoms with van der Waals surface area (Å²) in [6.45, 7) is 4.82. The molecule has 12 rings (SSSR count). The molecule has 0 aromatic heterocycles. The maximum absolute atomic E-state index is 15.9. The van der Waals surface area contributed by atoms with Crippen LogP contribution >= 0.6 is 0 Å². The van der Waals surface area contributed by atoms with Crippen molar-refractivity contribution in [2.45, 2.75) is 162 Å². The fourth-order valence-corrected chi connectivity index (χ4v) is 14.8. The molecule has 2 fully saturated rings. The molecule has 0 bridgehead atoms. The molecule has 0 spiro atoms. The Balaban J connectivity index is 0.885. The Morgan fingerprint density at radius 3 is 0.866 bits per heavy atom. The van der Waals surface area contributed by atoms with Gasteiger partial charge in [0.1, 0.15) is 82.4 Å². The van der Waals surface area contributed by atoms with Crippen LogP contribution in [0.4, 0.5) is 0 Å². The molecule has 2 aliphatic heterocycles. The highest BCUT2D eigenvalue weighted by atomic mass is 16.7. The van der Waals surface area contributed by atoms with Crippen molar-refractivity contribution >= 4 is 71.2 Å². The van der Waals surface area contributed by atoms with E-state index >= 15 is 33.6 Å². The molecule has 16 atom stereocenters. The molecule has 698 valence electrons. The molecule has 7 amide bonds. The third-order valence-corrected chi connectivity index (χ3v) is 21.7. The smallest absolute Gasteiger partial charge is 0.338 e. The van der Waals surface area contributed by atoms with E-state index in [4.69, 9.17) is 43.6 Å². The van der Waals surface area contributed by atoms with Gasteiger partial charge in [0.25, 0.3) is 11.8 Å². The number of nitrogens with one attached hydrogen (secondary N) is 7. The zero-order chi connectivity index (χ0) is 95.9. The third-order valence-electron chi connectivity index (χ3n) is 21.7. The van der Waals surface area contributed by atoms with Crippen molar-refractivity contribution in [2.75, 3.05) is 7.11 Å². The maximum atomic E-state index is 15.9. The first-order valence-electron chi connectivity index (χ1n) is 42.5. The molecule has 10 aromatic rings. The van der Waals surface area contributed by atoms with E-state index in [9.17, 15) is 59.7 Å². The lowest BCUT2D eigenvalue weighted by atomic mass is 9.93. The molecule has 0 saturated carbocycles. The number of aliphatic hydroxyl groups excluding tert-OH is 1. The van der Waals surface area contributed by atoms with Crippen LogP contribution in [0.25, 0.3) is 0 Å². The molecule has 10 aromatic carbocycles. The number of phenols is 6. The van der Waals surface area contributed by atoms with Gasteiger partial charge in [-0.3, -0.25) is 33.6 Å². The molecule has 0 radical (unpaired) electrons. The summed E-state index contributed by atoms with van der Waals surface area (Å²) in [5.74, 6) is -14.7. The SMILES string of the molecule is CO[C@@H]1O[C@H](C(=O)N[C@@H](Cc2ccc(O)cc2)C(=O)N[C@@H](Cc2ccc(O)cc2)C(=O)N[C@@H](Cc2ccc(O)cc2)C(=O)N[C@@H]2[C@@H](OC(=O)c3ccccc3)[C@H](OC(=O)c3ccccc3)[C@@H](C(=O)N[C@@H](Cc3ccc(O)cc3)C(=O)N[C@@H](Cc3ccc(O)cc3)C(=O)N[C@@H](Cc3ccc(O)cc3)C(=O)OC(C)(C)C)O[C@H]2O)[C@@H](OC(=O)c2ccccc2)[C@H](OC(=O)c2ccccc2)[C@H]1N. The number of aromatic hydroxyl groups is 6. The minimum atomic E-state index is -2.55. The second-order valence-corrected chi connectivity index (χ2v) is 32.8. The highest BCUT2D eigenvalue weighted by Crippen LogP contribution is 2.32. The van der Waals surface area contributed by atoms with E-state index < -0.39 is 200 Å². The van der Waals surface area contributed by atoms with Crippen LogP contribution in [-0.2, 0) is 115 Å². The largest absolute Gasteiger partial charge is 0.508 e. The number of carbonyl (C=O) groups is 12. The summed E-state index contributed by atoms with van der Waals surface area (Å²) in [6.07, 6.45) is -19.2. The maximum Gasteiger partial charge on any atom is 0.338 e. The monoisotopic (exact) mass is 1830 g/mol. The quantitative estimate of drug-likeness (QED) is 0.0165. The zero-order valence-electron chi connectivity index (χ0n) is 72.8. The Kier molecular flexibility index (Phi) is 33.0. The van der Waals surface area contributed by atoms with Crippen molar-refractivity contribution in [3.8, 4) is 34.5 Å². The average molecular weight is 1830 g/mol. The summed E-state index contributed by atoms with van der Waals surface area (Å²) in [5, 5.41) is 93.7. The van der Waals surface area contributed by atoms with Gasteiger partial charge in [-0.05, 0) is 175 Å². The van der Waals surface area contributed by atoms with Gasteiger partial charge in [-0.1, -0.05) is 146 Å². The summed E-state index contributed by atoms with van der Waals surface area (Å²) in [6, 6.07) is 47.9. The van der Waals surface area contributed by atoms with Crippen molar-refractivity contribution in [3.05, 3.63) is 323 Å². The third kappa shape index (κ3) is 27.1. The molecule has 2 heterocycles. The van der Waals surface area contributed by atoms with Gasteiger partial charge in [0.15, 0.2) is 49.2 Å². The Morgan fingerprint density at radius 2 is 0.575 bits per heavy atom. The number of nitrogens with two attached hydrogens (primary N) is 1. The first-order valence-corrected chi connectivity index (χ1v) is 42.5. The van der Waals surface area contributed by atoms with Gasteiger partial charge in [0.2, 0.25) is 29.5 Å². The molecule has 16 N–H and O–H groups in total. The highest BCUT2D eigenvalue weighted by Gasteiger charge is 2.56. The van der Waals surface area contributed by atoms with Crippen LogP contribution in [0, 0.1) is 0 Å². The highest BCUT2D eigenvalue weighted by molar-refractivity contribution is 5.98. The van der Waals surface area contributed by atoms with Crippen molar-refractivity contribution in [1.29, 1.82) is 0 Å². The van der Waals surface area contributed by atoms with Crippen molar-refractivity contribution in [2.24, 2.45) is 5.73 Å². The number of hydrogen-bond donors (Lipinski definition) is 15. The molecular weight excluding hydrogens is 1730 g/mol. The van der Waals surface area contributed by atoms with Gasteiger partial charge >= 0.3 is 29.8 Å². The fraction of sp³-hybridized carbons (Fsp3) is 0.273. The zero-order valence-corrected chi connectivity index (χ0v) is 72.8. The number of ether oxygens (including phenoxy) is 8. The number of phenolic OH excluding ortho intramolecular Hbond substituents is 6. The van der Waals surface area contributed by atoms with E-state index in [-0.39, 0.29) is 91.8 Å². The molecule has 2 saturated heterocycles. The number of amides is 7. The summed E-state index contributed by atoms with van der Waals surface area (Å²) in [4.78, 5) is 181. The molecule has 0 unspecified atom stereocenters. The first kappa shape index (κ1) is 97.5. The normalized spacial score (nSPS) is 19.3. The predicted molar refractivity (Wildman–Crippen MR) is 477 cm³/mol. The molecule has 134 heavy (non-hydrogen) atoms. The first-order chi connectivity index (χ1) is 64.2. The minimum absolute atomic E-state index is 0.0190. The van der Waals surface area contributed by atoms with Crippen LogP contribution in [0.5, 0.6) is 34.5 Å². The summed E-state index contributed by atoms with van der Waals surface area (Å²) in [7, 11) is 1.17. The van der Waals surface area contributed by atoms with Gasteiger partial charge in [-0.2, -0.15) is 0 Å². The Morgan fingerprint density at radius 1 is 0.328 bits per heavy atom. The van der Waals surface area contributed by atoms with Gasteiger partial charge in [-0.25, -0.2) is 24.0 Å². The van der Waals surface area contributed by atoms with Crippen molar-refractivity contribution in [1.82, 2.24) is 37.2 Å². The minimum Gasteiger partial charge on any atom is -0.508 e. The van der Waals surface area contributed by atoms with E-state index in [0.717, 1.165) is 0 Å². The van der Waals surface area contributed by atoms with E-state index in [1.807, 2.05) is 0 Å². The number of benzene rings is 10. The number of methoxy groups -OCH3 is 1.